The van der Waals surface area contributed by atoms with E-state index in [-0.39, 0.29) is 12.2 Å². The summed E-state index contributed by atoms with van der Waals surface area (Å²) in [6, 6.07) is 0. The average Bonchev–Trinajstić information content (AvgIpc) is 3.03. The summed E-state index contributed by atoms with van der Waals surface area (Å²) in [5.41, 5.74) is 0. The van der Waals surface area contributed by atoms with Crippen LogP contribution in [0.15, 0.2) is 12.4 Å². The number of halogens is 13. The molecule has 30 heavy (non-hydrogen) atoms. The largest absolute Gasteiger partial charge is 0.460 e. The van der Waals surface area contributed by atoms with Gasteiger partial charge in [0.15, 0.2) is 0 Å². The van der Waals surface area contributed by atoms with E-state index in [4.69, 9.17) is 0 Å². The van der Waals surface area contributed by atoms with Crippen molar-refractivity contribution in [1.82, 2.24) is 4.98 Å². The Balaban J connectivity index is 3.19. The SMILES string of the molecule is CCCCc1[nH]cc[n+]1CCC(F)(F)C(F)(F)C(F)(F)C(F)(F)C(F)(F)C(F)(F)F. The third-order valence-electron chi connectivity index (χ3n) is 4.28. The van der Waals surface area contributed by atoms with Crippen molar-refractivity contribution >= 4 is 0 Å². The van der Waals surface area contributed by atoms with Crippen LogP contribution in [-0.2, 0) is 13.0 Å². The predicted molar refractivity (Wildman–Crippen MR) is 75.0 cm³/mol. The number of H-pyrrole nitrogens is 1. The quantitative estimate of drug-likeness (QED) is 0.330. The van der Waals surface area contributed by atoms with Crippen LogP contribution in [0.3, 0.4) is 0 Å². The first-order valence-corrected chi connectivity index (χ1v) is 8.29. The standard InChI is InChI=1S/C15H15F13N2/c1-2-3-4-9-29-6-8-30(9)7-5-10(16,17)11(18,19)12(20,21)13(22,23)14(24,25)15(26,27)28/h6,8H,2-5,7H2,1H3/p+1. The molecular weight excluding hydrogens is 455 g/mol. The first-order chi connectivity index (χ1) is 13.3. The molecule has 0 spiro atoms. The molecule has 0 aliphatic rings. The second-order valence-electron chi connectivity index (χ2n) is 6.45. The maximum absolute atomic E-state index is 13.8. The summed E-state index contributed by atoms with van der Waals surface area (Å²) in [5, 5.41) is 0. The Morgan fingerprint density at radius 3 is 1.73 bits per heavy atom. The average molecular weight is 471 g/mol. The van der Waals surface area contributed by atoms with E-state index >= 15 is 0 Å². The molecule has 1 N–H and O–H groups in total. The summed E-state index contributed by atoms with van der Waals surface area (Å²) in [5.74, 6) is -36.4. The molecule has 0 bridgehead atoms. The molecule has 0 radical (unpaired) electrons. The lowest BCUT2D eigenvalue weighted by Crippen LogP contribution is -2.70. The number of nitrogens with one attached hydrogen (secondary N) is 1. The van der Waals surface area contributed by atoms with E-state index in [0.29, 0.717) is 12.8 Å². The summed E-state index contributed by atoms with van der Waals surface area (Å²) in [6.45, 7) is 0.615. The number of alkyl halides is 13. The summed E-state index contributed by atoms with van der Waals surface area (Å²) < 4.78 is 170. The van der Waals surface area contributed by atoms with Crippen molar-refractivity contribution < 1.29 is 61.6 Å². The number of aromatic amines is 1. The Labute approximate surface area is 161 Å². The van der Waals surface area contributed by atoms with Gasteiger partial charge in [-0.2, -0.15) is 57.1 Å². The molecule has 2 nitrogen and oxygen atoms in total. The lowest BCUT2D eigenvalue weighted by Gasteiger charge is -2.39. The van der Waals surface area contributed by atoms with Crippen LogP contribution < -0.4 is 4.57 Å². The van der Waals surface area contributed by atoms with E-state index in [1.807, 2.05) is 0 Å². The van der Waals surface area contributed by atoms with Crippen LogP contribution in [0.4, 0.5) is 57.1 Å². The fourth-order valence-corrected chi connectivity index (χ4v) is 2.39. The molecule has 0 aliphatic carbocycles. The number of imidazole rings is 1. The molecule has 1 heterocycles. The van der Waals surface area contributed by atoms with Gasteiger partial charge in [0.05, 0.1) is 13.0 Å². The van der Waals surface area contributed by atoms with Gasteiger partial charge < -0.3 is 0 Å². The van der Waals surface area contributed by atoms with Crippen LogP contribution in [0, 0.1) is 0 Å². The predicted octanol–water partition coefficient (Wildman–Crippen LogP) is 5.77. The Bertz CT molecular complexity index is 706. The molecule has 176 valence electrons. The highest BCUT2D eigenvalue weighted by Gasteiger charge is 2.90. The summed E-state index contributed by atoms with van der Waals surface area (Å²) >= 11 is 0. The minimum Gasteiger partial charge on any atom is -0.248 e. The monoisotopic (exact) mass is 471 g/mol. The fourth-order valence-electron chi connectivity index (χ4n) is 2.39. The van der Waals surface area contributed by atoms with Crippen LogP contribution in [0.25, 0.3) is 0 Å². The normalized spacial score (nSPS) is 15.0. The van der Waals surface area contributed by atoms with Crippen molar-refractivity contribution in [2.75, 3.05) is 0 Å². The molecule has 0 aromatic carbocycles. The maximum Gasteiger partial charge on any atom is 0.460 e. The molecule has 0 saturated heterocycles. The van der Waals surface area contributed by atoms with Crippen molar-refractivity contribution in [2.45, 2.75) is 74.9 Å². The van der Waals surface area contributed by atoms with Gasteiger partial charge >= 0.3 is 35.8 Å². The third-order valence-corrected chi connectivity index (χ3v) is 4.28. The van der Waals surface area contributed by atoms with Gasteiger partial charge in [-0.1, -0.05) is 13.3 Å². The number of hydrogen-bond acceptors (Lipinski definition) is 0. The van der Waals surface area contributed by atoms with Gasteiger partial charge in [-0.15, -0.1) is 0 Å². The lowest BCUT2D eigenvalue weighted by molar-refractivity contribution is -0.706. The Kier molecular flexibility index (Phi) is 7.11. The second kappa shape index (κ2) is 8.09. The van der Waals surface area contributed by atoms with Crippen LogP contribution in [0.1, 0.15) is 32.0 Å². The first-order valence-electron chi connectivity index (χ1n) is 8.29. The molecule has 1 aromatic heterocycles. The van der Waals surface area contributed by atoms with Crippen molar-refractivity contribution in [2.24, 2.45) is 0 Å². The zero-order chi connectivity index (χ0) is 23.8. The van der Waals surface area contributed by atoms with Crippen molar-refractivity contribution in [3.8, 4) is 0 Å². The van der Waals surface area contributed by atoms with Gasteiger partial charge in [0.25, 0.3) is 5.82 Å². The first kappa shape index (κ1) is 26.3. The van der Waals surface area contributed by atoms with E-state index in [2.05, 4.69) is 4.98 Å². The highest BCUT2D eigenvalue weighted by Crippen LogP contribution is 2.60. The highest BCUT2D eigenvalue weighted by molar-refractivity contribution is 5.10. The van der Waals surface area contributed by atoms with Crippen LogP contribution in [0.2, 0.25) is 0 Å². The molecule has 0 fully saturated rings. The van der Waals surface area contributed by atoms with Gasteiger partial charge in [-0.25, -0.2) is 9.55 Å². The molecule has 0 atom stereocenters. The molecule has 0 saturated carbocycles. The molecule has 0 aliphatic heterocycles. The minimum atomic E-state index is -7.86. The zero-order valence-corrected chi connectivity index (χ0v) is 15.1. The van der Waals surface area contributed by atoms with E-state index < -0.39 is 48.8 Å². The molecule has 0 amide bonds. The van der Waals surface area contributed by atoms with E-state index in [1.54, 1.807) is 6.92 Å². The highest BCUT2D eigenvalue weighted by atomic mass is 19.4. The summed E-state index contributed by atoms with van der Waals surface area (Å²) in [7, 11) is 0. The molecule has 0 unspecified atom stereocenters. The Hall–Kier alpha value is -1.70. The number of rotatable bonds is 10. The van der Waals surface area contributed by atoms with Crippen LogP contribution >= 0.6 is 0 Å². The second-order valence-corrected chi connectivity index (χ2v) is 6.45. The number of nitrogens with zero attached hydrogens (tertiary/aromatic N) is 1. The third kappa shape index (κ3) is 4.20. The lowest BCUT2D eigenvalue weighted by atomic mass is 9.92. The van der Waals surface area contributed by atoms with Crippen molar-refractivity contribution in [3.05, 3.63) is 18.2 Å². The van der Waals surface area contributed by atoms with E-state index in [9.17, 15) is 57.1 Å². The van der Waals surface area contributed by atoms with Crippen molar-refractivity contribution in [1.29, 1.82) is 0 Å². The topological polar surface area (TPSA) is 19.7 Å². The van der Waals surface area contributed by atoms with Crippen LogP contribution in [-0.4, -0.2) is 40.8 Å². The van der Waals surface area contributed by atoms with E-state index in [1.165, 1.54) is 6.20 Å². The molecule has 15 heteroatoms. The smallest absolute Gasteiger partial charge is 0.248 e. The molecule has 1 aromatic rings. The number of hydrogen-bond donors (Lipinski definition) is 1. The minimum absolute atomic E-state index is 0.191. The summed E-state index contributed by atoms with van der Waals surface area (Å²) in [6.07, 6.45) is -6.08. The van der Waals surface area contributed by atoms with Gasteiger partial charge in [-0.05, 0) is 6.42 Å². The molecule has 1 rings (SSSR count). The number of aromatic nitrogens is 2. The Morgan fingerprint density at radius 2 is 1.27 bits per heavy atom. The fraction of sp³-hybridized carbons (Fsp3) is 0.800. The molecular formula is C15H16F13N2+. The maximum atomic E-state index is 13.8. The Morgan fingerprint density at radius 1 is 0.767 bits per heavy atom. The van der Waals surface area contributed by atoms with Gasteiger partial charge in [0.1, 0.15) is 12.4 Å². The number of aryl methyl sites for hydroxylation is 2. The zero-order valence-electron chi connectivity index (χ0n) is 15.1. The van der Waals surface area contributed by atoms with Gasteiger partial charge in [0, 0.05) is 6.42 Å². The van der Waals surface area contributed by atoms with E-state index in [0.717, 1.165) is 10.8 Å². The van der Waals surface area contributed by atoms with Crippen molar-refractivity contribution in [3.63, 3.8) is 0 Å². The summed E-state index contributed by atoms with van der Waals surface area (Å²) in [4.78, 5) is 2.54. The van der Waals surface area contributed by atoms with Gasteiger partial charge in [0.2, 0.25) is 0 Å². The number of unbranched alkanes of at least 4 members (excludes halogenated alkanes) is 1. The van der Waals surface area contributed by atoms with Crippen LogP contribution in [0.5, 0.6) is 0 Å². The van der Waals surface area contributed by atoms with Gasteiger partial charge in [-0.3, -0.25) is 0 Å².